The number of nitrogens with zero attached hydrogens (tertiary/aromatic N) is 1. The second-order valence-corrected chi connectivity index (χ2v) is 9.68. The molecule has 1 heterocycles. The molecule has 1 N–H and O–H groups in total. The minimum Gasteiger partial charge on any atom is -0.491 e. The third-order valence-electron chi connectivity index (χ3n) is 5.30. The molecule has 6 heteroatoms. The molecule has 0 saturated heterocycles. The van der Waals surface area contributed by atoms with Crippen LogP contribution in [0.4, 0.5) is 0 Å². The van der Waals surface area contributed by atoms with E-state index in [1.54, 1.807) is 24.3 Å². The van der Waals surface area contributed by atoms with E-state index in [2.05, 4.69) is 0 Å². The van der Waals surface area contributed by atoms with Gasteiger partial charge in [0.25, 0.3) is 5.22 Å². The summed E-state index contributed by atoms with van der Waals surface area (Å²) in [7, 11) is 0. The molecule has 0 aliphatic rings. The van der Waals surface area contributed by atoms with Gasteiger partial charge in [-0.25, -0.2) is 4.98 Å². The number of Topliss-reactive ketones (excluding diaryl/α,β-unsaturated/α-hetero) is 1. The summed E-state index contributed by atoms with van der Waals surface area (Å²) in [6.45, 7) is 4.18. The zero-order valence-corrected chi connectivity index (χ0v) is 20.7. The van der Waals surface area contributed by atoms with Gasteiger partial charge in [-0.3, -0.25) is 4.79 Å². The highest BCUT2D eigenvalue weighted by Crippen LogP contribution is 2.35. The molecule has 35 heavy (non-hydrogen) atoms. The van der Waals surface area contributed by atoms with Crippen LogP contribution >= 0.6 is 11.8 Å². The molecule has 0 radical (unpaired) electrons. The van der Waals surface area contributed by atoms with Gasteiger partial charge in [-0.1, -0.05) is 86.3 Å². The highest BCUT2D eigenvalue weighted by atomic mass is 32.2. The lowest BCUT2D eigenvalue weighted by Crippen LogP contribution is -2.20. The normalized spacial score (nSPS) is 12.0. The minimum absolute atomic E-state index is 0.124. The molecule has 1 aromatic heterocycles. The molecule has 3 aromatic carbocycles. The van der Waals surface area contributed by atoms with Crippen molar-refractivity contribution in [1.82, 2.24) is 4.98 Å². The number of thioether (sulfide) groups is 1. The van der Waals surface area contributed by atoms with Crippen LogP contribution in [-0.4, -0.2) is 34.3 Å². The van der Waals surface area contributed by atoms with Gasteiger partial charge in [0, 0.05) is 28.9 Å². The molecular formula is C29H29NO4S. The van der Waals surface area contributed by atoms with E-state index in [1.165, 1.54) is 11.8 Å². The van der Waals surface area contributed by atoms with Gasteiger partial charge < -0.3 is 14.3 Å². The van der Waals surface area contributed by atoms with E-state index in [-0.39, 0.29) is 12.4 Å². The lowest BCUT2D eigenvalue weighted by molar-refractivity contribution is 0.0967. The highest BCUT2D eigenvalue weighted by molar-refractivity contribution is 7.99. The summed E-state index contributed by atoms with van der Waals surface area (Å²) in [6.07, 6.45) is -0.191. The maximum absolute atomic E-state index is 12.2. The fraction of sp³-hybridized carbons (Fsp3) is 0.241. The summed E-state index contributed by atoms with van der Waals surface area (Å²) in [5.41, 5.74) is 3.37. The van der Waals surface area contributed by atoms with Crippen molar-refractivity contribution >= 4 is 17.5 Å². The Morgan fingerprint density at radius 1 is 0.943 bits per heavy atom. The Labute approximate surface area is 210 Å². The molecule has 1 unspecified atom stereocenters. The Morgan fingerprint density at radius 2 is 1.57 bits per heavy atom. The SMILES string of the molecule is CC(C)CC(=O)c1ccc(OCC(O)CSc2nc(-c3ccccc3)c(-c3ccccc3)o2)cc1. The molecule has 1 atom stereocenters. The number of ether oxygens (including phenoxy) is 1. The lowest BCUT2D eigenvalue weighted by atomic mass is 10.0. The molecule has 180 valence electrons. The molecule has 0 bridgehead atoms. The third-order valence-corrected chi connectivity index (χ3v) is 6.28. The largest absolute Gasteiger partial charge is 0.491 e. The number of aromatic nitrogens is 1. The summed E-state index contributed by atoms with van der Waals surface area (Å²) in [5.74, 6) is 2.13. The van der Waals surface area contributed by atoms with Crippen molar-refractivity contribution in [2.24, 2.45) is 5.92 Å². The van der Waals surface area contributed by atoms with Crippen LogP contribution in [0.3, 0.4) is 0 Å². The van der Waals surface area contributed by atoms with Crippen LogP contribution in [0.1, 0.15) is 30.6 Å². The minimum atomic E-state index is -0.713. The summed E-state index contributed by atoms with van der Waals surface area (Å²) in [6, 6.07) is 26.9. The van der Waals surface area contributed by atoms with Crippen LogP contribution in [0.5, 0.6) is 5.75 Å². The number of hydrogen-bond donors (Lipinski definition) is 1. The van der Waals surface area contributed by atoms with Crippen molar-refractivity contribution in [2.45, 2.75) is 31.6 Å². The van der Waals surface area contributed by atoms with Crippen molar-refractivity contribution in [3.05, 3.63) is 90.5 Å². The molecule has 0 amide bonds. The molecule has 0 spiro atoms. The van der Waals surface area contributed by atoms with E-state index >= 15 is 0 Å². The number of aliphatic hydroxyl groups is 1. The Balaban J connectivity index is 1.36. The van der Waals surface area contributed by atoms with Gasteiger partial charge in [-0.2, -0.15) is 0 Å². The second kappa shape index (κ2) is 11.9. The van der Waals surface area contributed by atoms with Gasteiger partial charge in [0.15, 0.2) is 11.5 Å². The lowest BCUT2D eigenvalue weighted by Gasteiger charge is -2.11. The van der Waals surface area contributed by atoms with Gasteiger partial charge in [0.1, 0.15) is 18.1 Å². The monoisotopic (exact) mass is 487 g/mol. The van der Waals surface area contributed by atoms with E-state index in [9.17, 15) is 9.90 Å². The predicted molar refractivity (Wildman–Crippen MR) is 140 cm³/mol. The van der Waals surface area contributed by atoms with E-state index in [0.717, 1.165) is 16.8 Å². The fourth-order valence-corrected chi connectivity index (χ4v) is 4.30. The highest BCUT2D eigenvalue weighted by Gasteiger charge is 2.18. The predicted octanol–water partition coefficient (Wildman–Crippen LogP) is 6.77. The van der Waals surface area contributed by atoms with E-state index in [4.69, 9.17) is 14.1 Å². The second-order valence-electron chi connectivity index (χ2n) is 8.71. The number of carbonyl (C=O) groups is 1. The Morgan fingerprint density at radius 3 is 2.20 bits per heavy atom. The first-order valence-electron chi connectivity index (χ1n) is 11.7. The summed E-state index contributed by atoms with van der Waals surface area (Å²) in [4.78, 5) is 16.9. The van der Waals surface area contributed by atoms with E-state index < -0.39 is 6.10 Å². The molecule has 0 aliphatic heterocycles. The van der Waals surface area contributed by atoms with Gasteiger partial charge in [-0.05, 0) is 30.2 Å². The molecular weight excluding hydrogens is 458 g/mol. The third kappa shape index (κ3) is 6.84. The average Bonchev–Trinajstić information content (AvgIpc) is 3.31. The maximum atomic E-state index is 12.2. The van der Waals surface area contributed by atoms with Crippen LogP contribution < -0.4 is 4.74 Å². The number of oxazole rings is 1. The first kappa shape index (κ1) is 24.8. The van der Waals surface area contributed by atoms with E-state index in [0.29, 0.717) is 40.4 Å². The molecule has 0 aliphatic carbocycles. The van der Waals surface area contributed by atoms with Crippen LogP contribution in [-0.2, 0) is 0 Å². The first-order valence-corrected chi connectivity index (χ1v) is 12.7. The number of hydrogen-bond acceptors (Lipinski definition) is 6. The molecule has 0 fully saturated rings. The topological polar surface area (TPSA) is 72.6 Å². The van der Waals surface area contributed by atoms with Crippen LogP contribution in [0.2, 0.25) is 0 Å². The fourth-order valence-electron chi connectivity index (χ4n) is 3.57. The summed E-state index contributed by atoms with van der Waals surface area (Å²) in [5, 5.41) is 10.9. The number of aliphatic hydroxyl groups excluding tert-OH is 1. The van der Waals surface area contributed by atoms with Gasteiger partial charge in [0.05, 0.1) is 6.10 Å². The van der Waals surface area contributed by atoms with Crippen LogP contribution in [0.15, 0.2) is 94.6 Å². The van der Waals surface area contributed by atoms with Gasteiger partial charge in [0.2, 0.25) is 0 Å². The van der Waals surface area contributed by atoms with Crippen molar-refractivity contribution in [3.63, 3.8) is 0 Å². The maximum Gasteiger partial charge on any atom is 0.256 e. The molecule has 4 aromatic rings. The molecule has 4 rings (SSSR count). The molecule has 5 nitrogen and oxygen atoms in total. The smallest absolute Gasteiger partial charge is 0.256 e. The molecule has 0 saturated carbocycles. The van der Waals surface area contributed by atoms with Crippen molar-refractivity contribution < 1.29 is 19.1 Å². The zero-order valence-electron chi connectivity index (χ0n) is 19.9. The quantitative estimate of drug-likeness (QED) is 0.186. The average molecular weight is 488 g/mol. The Bertz CT molecular complexity index is 1160. The Kier molecular flexibility index (Phi) is 8.40. The standard InChI is InChI=1S/C29H29NO4S/c1-20(2)17-26(32)21-13-15-25(16-14-21)33-18-24(31)19-35-29-30-27(22-9-5-3-6-10-22)28(34-29)23-11-7-4-8-12-23/h3-16,20,24,31H,17-19H2,1-2H3. The van der Waals surface area contributed by atoms with E-state index in [1.807, 2.05) is 74.5 Å². The summed E-state index contributed by atoms with van der Waals surface area (Å²) >= 11 is 1.35. The van der Waals surface area contributed by atoms with Crippen LogP contribution in [0.25, 0.3) is 22.6 Å². The zero-order chi connectivity index (χ0) is 24.6. The van der Waals surface area contributed by atoms with Gasteiger partial charge >= 0.3 is 0 Å². The number of rotatable bonds is 11. The number of ketones is 1. The van der Waals surface area contributed by atoms with Gasteiger partial charge in [-0.15, -0.1) is 0 Å². The van der Waals surface area contributed by atoms with Crippen molar-refractivity contribution in [3.8, 4) is 28.3 Å². The number of carbonyl (C=O) groups excluding carboxylic acids is 1. The number of benzene rings is 3. The van der Waals surface area contributed by atoms with Crippen LogP contribution in [0, 0.1) is 5.92 Å². The summed E-state index contributed by atoms with van der Waals surface area (Å²) < 4.78 is 11.8. The Hall–Kier alpha value is -3.35. The first-order chi connectivity index (χ1) is 17.0. The van der Waals surface area contributed by atoms with Crippen molar-refractivity contribution in [1.29, 1.82) is 0 Å². The van der Waals surface area contributed by atoms with Crippen molar-refractivity contribution in [2.75, 3.05) is 12.4 Å².